The summed E-state index contributed by atoms with van der Waals surface area (Å²) >= 11 is 1.25. The average molecular weight is 264 g/mol. The maximum absolute atomic E-state index is 11.3. The van der Waals surface area contributed by atoms with E-state index in [1.807, 2.05) is 0 Å². The lowest BCUT2D eigenvalue weighted by atomic mass is 10.1. The van der Waals surface area contributed by atoms with E-state index in [1.54, 1.807) is 12.3 Å². The third-order valence-corrected chi connectivity index (χ3v) is 4.64. The molecule has 0 spiro atoms. The maximum Gasteiger partial charge on any atom is 0.150 e. The number of nitrogens with zero attached hydrogens (tertiary/aromatic N) is 2. The van der Waals surface area contributed by atoms with Crippen LogP contribution in [0.1, 0.15) is 31.5 Å². The van der Waals surface area contributed by atoms with E-state index in [0.29, 0.717) is 12.8 Å². The number of hydrogen-bond acceptors (Lipinski definition) is 7. The molecule has 0 aromatic carbocycles. The van der Waals surface area contributed by atoms with Crippen LogP contribution < -0.4 is 11.3 Å². The molecule has 0 aliphatic rings. The first-order valence-electron chi connectivity index (χ1n) is 5.02. The Balaban J connectivity index is 2.42. The number of hydrogen-bond donors (Lipinski definition) is 2. The van der Waals surface area contributed by atoms with E-state index >= 15 is 0 Å². The molecule has 0 amide bonds. The van der Waals surface area contributed by atoms with Gasteiger partial charge in [-0.15, -0.1) is 5.10 Å². The molecule has 0 saturated carbocycles. The Hall–Kier alpha value is -0.570. The monoisotopic (exact) mass is 264 g/mol. The van der Waals surface area contributed by atoms with Crippen molar-refractivity contribution in [3.63, 3.8) is 0 Å². The van der Waals surface area contributed by atoms with Crippen LogP contribution in [0.25, 0.3) is 0 Å². The summed E-state index contributed by atoms with van der Waals surface area (Å²) in [6, 6.07) is -0.120. The van der Waals surface area contributed by atoms with Crippen molar-refractivity contribution in [2.24, 2.45) is 5.84 Å². The second-order valence-electron chi connectivity index (χ2n) is 3.43. The molecule has 8 heteroatoms. The highest BCUT2D eigenvalue weighted by Crippen LogP contribution is 2.16. The molecule has 16 heavy (non-hydrogen) atoms. The van der Waals surface area contributed by atoms with Gasteiger partial charge in [-0.2, -0.15) is 0 Å². The number of nitrogens with two attached hydrogens (primary N) is 1. The number of aromatic nitrogens is 2. The lowest BCUT2D eigenvalue weighted by Gasteiger charge is -2.12. The molecule has 1 rings (SSSR count). The van der Waals surface area contributed by atoms with Gasteiger partial charge in [0.15, 0.2) is 0 Å². The molecule has 0 radical (unpaired) electrons. The molecule has 0 saturated heterocycles. The van der Waals surface area contributed by atoms with Crippen LogP contribution in [0.4, 0.5) is 0 Å². The molecule has 0 aliphatic heterocycles. The Morgan fingerprint density at radius 1 is 1.62 bits per heavy atom. The zero-order chi connectivity index (χ0) is 12.0. The van der Waals surface area contributed by atoms with E-state index in [2.05, 4.69) is 15.0 Å². The fourth-order valence-electron chi connectivity index (χ4n) is 1.29. The lowest BCUT2D eigenvalue weighted by molar-refractivity contribution is 0.495. The molecule has 1 unspecified atom stereocenters. The third-order valence-electron chi connectivity index (χ3n) is 2.32. The predicted octanol–water partition coefficient (Wildman–Crippen LogP) is 0.257. The molecular formula is C8H16N4O2S2. The summed E-state index contributed by atoms with van der Waals surface area (Å²) in [5.74, 6) is 5.76. The van der Waals surface area contributed by atoms with Crippen molar-refractivity contribution in [2.75, 3.05) is 11.5 Å². The standard InChI is InChI=1S/C8H16N4O2S2/c1-2-16(13,14)5-3-4-7(10-9)8-6-15-12-11-8/h6-7,10H,2-5,9H2,1H3. The third kappa shape index (κ3) is 4.12. The van der Waals surface area contributed by atoms with Crippen LogP contribution >= 0.6 is 11.5 Å². The number of nitrogens with one attached hydrogen (secondary N) is 1. The highest BCUT2D eigenvalue weighted by atomic mass is 32.2. The van der Waals surface area contributed by atoms with Crippen LogP contribution in [0.5, 0.6) is 0 Å². The Labute approximate surface area is 99.3 Å². The Morgan fingerprint density at radius 2 is 2.38 bits per heavy atom. The molecule has 92 valence electrons. The minimum absolute atomic E-state index is 0.120. The van der Waals surface area contributed by atoms with Crippen LogP contribution in [0.2, 0.25) is 0 Å². The summed E-state index contributed by atoms with van der Waals surface area (Å²) in [5, 5.41) is 5.70. The van der Waals surface area contributed by atoms with Gasteiger partial charge in [0, 0.05) is 11.1 Å². The molecule has 1 aromatic rings. The molecule has 0 aliphatic carbocycles. The first-order valence-corrected chi connectivity index (χ1v) is 7.68. The van der Waals surface area contributed by atoms with Gasteiger partial charge in [0.25, 0.3) is 0 Å². The minimum Gasteiger partial charge on any atom is -0.271 e. The smallest absolute Gasteiger partial charge is 0.150 e. The molecule has 1 heterocycles. The first kappa shape index (κ1) is 13.5. The highest BCUT2D eigenvalue weighted by Gasteiger charge is 2.14. The van der Waals surface area contributed by atoms with Crippen molar-refractivity contribution in [2.45, 2.75) is 25.8 Å². The van der Waals surface area contributed by atoms with E-state index in [9.17, 15) is 8.42 Å². The largest absolute Gasteiger partial charge is 0.271 e. The fourth-order valence-corrected chi connectivity index (χ4v) is 2.70. The predicted molar refractivity (Wildman–Crippen MR) is 63.5 cm³/mol. The summed E-state index contributed by atoms with van der Waals surface area (Å²) in [6.07, 6.45) is 1.21. The van der Waals surface area contributed by atoms with Crippen LogP contribution in [0, 0.1) is 0 Å². The van der Waals surface area contributed by atoms with E-state index in [4.69, 9.17) is 5.84 Å². The van der Waals surface area contributed by atoms with Gasteiger partial charge in [0.2, 0.25) is 0 Å². The molecular weight excluding hydrogens is 248 g/mol. The van der Waals surface area contributed by atoms with Gasteiger partial charge in [0.1, 0.15) is 9.84 Å². The SMILES string of the molecule is CCS(=O)(=O)CCCC(NN)c1csnn1. The van der Waals surface area contributed by atoms with Crippen molar-refractivity contribution < 1.29 is 8.42 Å². The second kappa shape index (κ2) is 6.24. The van der Waals surface area contributed by atoms with Crippen molar-refractivity contribution >= 4 is 21.4 Å². The summed E-state index contributed by atoms with van der Waals surface area (Å²) in [6.45, 7) is 1.65. The normalized spacial score (nSPS) is 13.9. The zero-order valence-corrected chi connectivity index (χ0v) is 10.7. The molecule has 1 aromatic heterocycles. The zero-order valence-electron chi connectivity index (χ0n) is 9.09. The van der Waals surface area contributed by atoms with Gasteiger partial charge >= 0.3 is 0 Å². The summed E-state index contributed by atoms with van der Waals surface area (Å²) < 4.78 is 26.3. The Bertz CT molecular complexity index is 390. The highest BCUT2D eigenvalue weighted by molar-refractivity contribution is 7.91. The summed E-state index contributed by atoms with van der Waals surface area (Å²) in [7, 11) is -2.89. The van der Waals surface area contributed by atoms with E-state index in [1.165, 1.54) is 11.5 Å². The summed E-state index contributed by atoms with van der Waals surface area (Å²) in [4.78, 5) is 0. The first-order chi connectivity index (χ1) is 7.59. The number of rotatable bonds is 7. The maximum atomic E-state index is 11.3. The van der Waals surface area contributed by atoms with Crippen molar-refractivity contribution in [3.05, 3.63) is 11.1 Å². The van der Waals surface area contributed by atoms with E-state index in [0.717, 1.165) is 5.69 Å². The molecule has 3 N–H and O–H groups in total. The van der Waals surface area contributed by atoms with Crippen molar-refractivity contribution in [1.82, 2.24) is 15.0 Å². The number of sulfone groups is 1. The van der Waals surface area contributed by atoms with Crippen molar-refractivity contribution in [3.8, 4) is 0 Å². The van der Waals surface area contributed by atoms with Gasteiger partial charge in [-0.25, -0.2) is 8.42 Å². The van der Waals surface area contributed by atoms with E-state index < -0.39 is 9.84 Å². The van der Waals surface area contributed by atoms with E-state index in [-0.39, 0.29) is 17.5 Å². The topological polar surface area (TPSA) is 98.0 Å². The van der Waals surface area contributed by atoms with Crippen LogP contribution in [-0.4, -0.2) is 29.5 Å². The van der Waals surface area contributed by atoms with Gasteiger partial charge in [-0.3, -0.25) is 11.3 Å². The van der Waals surface area contributed by atoms with Crippen LogP contribution in [0.3, 0.4) is 0 Å². The number of hydrazine groups is 1. The minimum atomic E-state index is -2.89. The van der Waals surface area contributed by atoms with Crippen LogP contribution in [0.15, 0.2) is 5.38 Å². The second-order valence-corrected chi connectivity index (χ2v) is 6.51. The fraction of sp³-hybridized carbons (Fsp3) is 0.750. The quantitative estimate of drug-likeness (QED) is 0.541. The van der Waals surface area contributed by atoms with Gasteiger partial charge in [-0.1, -0.05) is 11.4 Å². The molecule has 0 bridgehead atoms. The van der Waals surface area contributed by atoms with Crippen molar-refractivity contribution in [1.29, 1.82) is 0 Å². The lowest BCUT2D eigenvalue weighted by Crippen LogP contribution is -2.28. The average Bonchev–Trinajstić information content (AvgIpc) is 2.78. The van der Waals surface area contributed by atoms with Gasteiger partial charge in [0.05, 0.1) is 17.5 Å². The van der Waals surface area contributed by atoms with Gasteiger partial charge in [-0.05, 0) is 24.4 Å². The van der Waals surface area contributed by atoms with Gasteiger partial charge < -0.3 is 0 Å². The Kier molecular flexibility index (Phi) is 5.26. The Morgan fingerprint density at radius 3 is 2.88 bits per heavy atom. The molecule has 1 atom stereocenters. The summed E-state index contributed by atoms with van der Waals surface area (Å²) in [5.41, 5.74) is 3.38. The molecule has 0 fully saturated rings. The molecule has 6 nitrogen and oxygen atoms in total. The van der Waals surface area contributed by atoms with Crippen LogP contribution in [-0.2, 0) is 9.84 Å².